The van der Waals surface area contributed by atoms with E-state index in [9.17, 15) is 8.42 Å². The summed E-state index contributed by atoms with van der Waals surface area (Å²) >= 11 is -3.84. The van der Waals surface area contributed by atoms with Crippen LogP contribution in [0.4, 0.5) is 0 Å². The molecule has 0 heterocycles. The minimum absolute atomic E-state index is 0.00657. The molecule has 2 atom stereocenters. The molecule has 0 spiro atoms. The van der Waals surface area contributed by atoms with Crippen molar-refractivity contribution in [2.75, 3.05) is 0 Å². The maximum absolute atomic E-state index is 10.6. The van der Waals surface area contributed by atoms with E-state index in [0.717, 1.165) is 0 Å². The van der Waals surface area contributed by atoms with Gasteiger partial charge in [-0.15, -0.1) is 0 Å². The van der Waals surface area contributed by atoms with Gasteiger partial charge >= 0.3 is 0 Å². The van der Waals surface area contributed by atoms with Gasteiger partial charge in [0.1, 0.15) is 0 Å². The second-order valence-electron chi connectivity index (χ2n) is 2.70. The third kappa shape index (κ3) is 3.67. The first-order valence-corrected chi connectivity index (χ1v) is 6.36. The van der Waals surface area contributed by atoms with Crippen molar-refractivity contribution in [1.82, 2.24) is 0 Å². The molecule has 1 aromatic rings. The first kappa shape index (κ1) is 11.5. The SMILES string of the molecule is O=S(O)Cc1ccccc1CS(=O)O. The van der Waals surface area contributed by atoms with Crippen molar-refractivity contribution in [3.8, 4) is 0 Å². The minimum atomic E-state index is -1.92. The Morgan fingerprint density at radius 3 is 1.57 bits per heavy atom. The Balaban J connectivity index is 2.90. The number of hydrogen-bond acceptors (Lipinski definition) is 2. The molecule has 0 amide bonds. The van der Waals surface area contributed by atoms with E-state index in [1.165, 1.54) is 0 Å². The summed E-state index contributed by atoms with van der Waals surface area (Å²) < 4.78 is 38.6. The monoisotopic (exact) mass is 234 g/mol. The molecule has 78 valence electrons. The predicted molar refractivity (Wildman–Crippen MR) is 55.4 cm³/mol. The highest BCUT2D eigenvalue weighted by atomic mass is 32.2. The topological polar surface area (TPSA) is 74.6 Å². The Labute approximate surface area is 86.9 Å². The van der Waals surface area contributed by atoms with Crippen molar-refractivity contribution in [3.63, 3.8) is 0 Å². The van der Waals surface area contributed by atoms with E-state index < -0.39 is 22.2 Å². The fourth-order valence-electron chi connectivity index (χ4n) is 1.11. The van der Waals surface area contributed by atoms with Crippen LogP contribution in [0.15, 0.2) is 24.3 Å². The zero-order valence-corrected chi connectivity index (χ0v) is 8.88. The third-order valence-corrected chi connectivity index (χ3v) is 2.79. The van der Waals surface area contributed by atoms with Crippen LogP contribution in [0.3, 0.4) is 0 Å². The van der Waals surface area contributed by atoms with Crippen LogP contribution in [-0.4, -0.2) is 17.5 Å². The molecule has 0 aliphatic heterocycles. The van der Waals surface area contributed by atoms with Crippen LogP contribution >= 0.6 is 0 Å². The summed E-state index contributed by atoms with van der Waals surface area (Å²) in [6.45, 7) is 0. The fraction of sp³-hybridized carbons (Fsp3) is 0.250. The lowest BCUT2D eigenvalue weighted by atomic mass is 10.1. The fourth-order valence-corrected chi connectivity index (χ4v) is 2.20. The summed E-state index contributed by atoms with van der Waals surface area (Å²) in [6, 6.07) is 6.81. The molecular formula is C8H10O4S2. The van der Waals surface area contributed by atoms with Crippen LogP contribution in [0.1, 0.15) is 11.1 Å². The highest BCUT2D eigenvalue weighted by Crippen LogP contribution is 2.12. The smallest absolute Gasteiger partial charge is 0.157 e. The number of hydrogen-bond donors (Lipinski definition) is 2. The number of rotatable bonds is 4. The van der Waals surface area contributed by atoms with E-state index >= 15 is 0 Å². The summed E-state index contributed by atoms with van der Waals surface area (Å²) in [5.41, 5.74) is 1.27. The molecule has 2 N–H and O–H groups in total. The van der Waals surface area contributed by atoms with Gasteiger partial charge < -0.3 is 9.11 Å². The van der Waals surface area contributed by atoms with Gasteiger partial charge in [-0.05, 0) is 11.1 Å². The van der Waals surface area contributed by atoms with E-state index in [1.54, 1.807) is 24.3 Å². The average Bonchev–Trinajstić information content (AvgIpc) is 2.06. The Kier molecular flexibility index (Phi) is 4.40. The van der Waals surface area contributed by atoms with Crippen LogP contribution < -0.4 is 0 Å². The van der Waals surface area contributed by atoms with Crippen molar-refractivity contribution < 1.29 is 17.5 Å². The first-order valence-electron chi connectivity index (χ1n) is 3.81. The largest absolute Gasteiger partial charge is 0.306 e. The Morgan fingerprint density at radius 1 is 0.929 bits per heavy atom. The van der Waals surface area contributed by atoms with Gasteiger partial charge in [0.2, 0.25) is 0 Å². The molecule has 2 unspecified atom stereocenters. The highest BCUT2D eigenvalue weighted by Gasteiger charge is 2.06. The van der Waals surface area contributed by atoms with Gasteiger partial charge in [0, 0.05) is 0 Å². The number of benzene rings is 1. The molecule has 0 aliphatic rings. The molecule has 6 heteroatoms. The summed E-state index contributed by atoms with van der Waals surface area (Å²) in [5.74, 6) is -0.0131. The quantitative estimate of drug-likeness (QED) is 0.766. The summed E-state index contributed by atoms with van der Waals surface area (Å²) in [7, 11) is 0. The molecule has 14 heavy (non-hydrogen) atoms. The van der Waals surface area contributed by atoms with Gasteiger partial charge in [-0.1, -0.05) is 24.3 Å². The van der Waals surface area contributed by atoms with E-state index in [4.69, 9.17) is 9.11 Å². The van der Waals surface area contributed by atoms with Crippen LogP contribution in [-0.2, 0) is 33.7 Å². The molecule has 0 saturated heterocycles. The molecule has 0 fully saturated rings. The van der Waals surface area contributed by atoms with Crippen molar-refractivity contribution in [1.29, 1.82) is 0 Å². The van der Waals surface area contributed by atoms with Crippen LogP contribution in [0, 0.1) is 0 Å². The normalized spacial score (nSPS) is 15.0. The van der Waals surface area contributed by atoms with Gasteiger partial charge in [-0.3, -0.25) is 0 Å². The second-order valence-corrected chi connectivity index (χ2v) is 4.56. The third-order valence-electron chi connectivity index (χ3n) is 1.68. The predicted octanol–water partition coefficient (Wildman–Crippen LogP) is 1.13. The lowest BCUT2D eigenvalue weighted by Crippen LogP contribution is -2.01. The second kappa shape index (κ2) is 5.35. The van der Waals surface area contributed by atoms with Gasteiger partial charge in [0.05, 0.1) is 11.5 Å². The highest BCUT2D eigenvalue weighted by molar-refractivity contribution is 7.78. The van der Waals surface area contributed by atoms with Crippen molar-refractivity contribution in [2.45, 2.75) is 11.5 Å². The maximum atomic E-state index is 10.6. The summed E-state index contributed by atoms with van der Waals surface area (Å²) in [4.78, 5) is 0. The lowest BCUT2D eigenvalue weighted by molar-refractivity contribution is 0.559. The molecule has 1 rings (SSSR count). The molecule has 1 aromatic carbocycles. The molecule has 0 bridgehead atoms. The first-order chi connectivity index (χ1) is 6.59. The average molecular weight is 234 g/mol. The van der Waals surface area contributed by atoms with Gasteiger partial charge in [-0.25, -0.2) is 8.42 Å². The van der Waals surface area contributed by atoms with E-state index in [-0.39, 0.29) is 11.5 Å². The molecule has 0 aliphatic carbocycles. The van der Waals surface area contributed by atoms with Crippen LogP contribution in [0.5, 0.6) is 0 Å². The lowest BCUT2D eigenvalue weighted by Gasteiger charge is -2.04. The van der Waals surface area contributed by atoms with E-state index in [1.807, 2.05) is 0 Å². The molecule has 0 aromatic heterocycles. The van der Waals surface area contributed by atoms with Crippen LogP contribution in [0.2, 0.25) is 0 Å². The molecule has 0 radical (unpaired) electrons. The zero-order valence-electron chi connectivity index (χ0n) is 7.25. The van der Waals surface area contributed by atoms with Crippen molar-refractivity contribution in [3.05, 3.63) is 35.4 Å². The van der Waals surface area contributed by atoms with Crippen LogP contribution in [0.25, 0.3) is 0 Å². The zero-order chi connectivity index (χ0) is 10.6. The summed E-state index contributed by atoms with van der Waals surface area (Å²) in [6.07, 6.45) is 0. The van der Waals surface area contributed by atoms with Gasteiger partial charge in [0.25, 0.3) is 0 Å². The Bertz CT molecular complexity index is 329. The summed E-state index contributed by atoms with van der Waals surface area (Å²) in [5, 5.41) is 0. The van der Waals surface area contributed by atoms with Crippen molar-refractivity contribution in [2.24, 2.45) is 0 Å². The molecular weight excluding hydrogens is 224 g/mol. The molecule has 0 saturated carbocycles. The maximum Gasteiger partial charge on any atom is 0.157 e. The molecule has 4 nitrogen and oxygen atoms in total. The van der Waals surface area contributed by atoms with Gasteiger partial charge in [-0.2, -0.15) is 0 Å². The van der Waals surface area contributed by atoms with Gasteiger partial charge in [0.15, 0.2) is 22.2 Å². The van der Waals surface area contributed by atoms with Crippen molar-refractivity contribution >= 4 is 22.2 Å². The van der Waals surface area contributed by atoms with E-state index in [0.29, 0.717) is 11.1 Å². The minimum Gasteiger partial charge on any atom is -0.306 e. The standard InChI is InChI=1S/C8H10O4S2/c9-13(10)5-7-3-1-2-4-8(7)6-14(11)12/h1-4H,5-6H2,(H,9,10)(H,11,12). The Hall–Kier alpha value is -0.560. The van der Waals surface area contributed by atoms with E-state index in [2.05, 4.69) is 0 Å². The Morgan fingerprint density at radius 2 is 1.29 bits per heavy atom.